The molecule has 1 saturated heterocycles. The van der Waals surface area contributed by atoms with Gasteiger partial charge in [-0.15, -0.1) is 11.3 Å². The number of rotatable bonds is 4. The van der Waals surface area contributed by atoms with Crippen LogP contribution in [0.5, 0.6) is 0 Å². The zero-order chi connectivity index (χ0) is 16.2. The standard InChI is InChI=1S/C17H25N3O2S/c18-16(22)15-12-7-6-8-13(12)23-17(15)19-14(21)11-20-9-4-2-1-3-5-10-20/h1-11H2,(H2,18,22)(H,19,21). The van der Waals surface area contributed by atoms with Crippen LogP contribution < -0.4 is 11.1 Å². The monoisotopic (exact) mass is 335 g/mol. The molecule has 1 aromatic heterocycles. The highest BCUT2D eigenvalue weighted by atomic mass is 32.1. The molecule has 0 spiro atoms. The second kappa shape index (κ2) is 7.45. The first-order valence-corrected chi connectivity index (χ1v) is 9.43. The van der Waals surface area contributed by atoms with Crippen molar-refractivity contribution in [2.45, 2.75) is 51.4 Å². The quantitative estimate of drug-likeness (QED) is 0.888. The van der Waals surface area contributed by atoms with Gasteiger partial charge in [-0.1, -0.05) is 19.3 Å². The number of nitrogens with zero attached hydrogens (tertiary/aromatic N) is 1. The number of aryl methyl sites for hydroxylation is 1. The van der Waals surface area contributed by atoms with Crippen molar-refractivity contribution in [3.05, 3.63) is 16.0 Å². The fourth-order valence-corrected chi connectivity index (χ4v) is 4.90. The number of carbonyl (C=O) groups excluding carboxylic acids is 2. The topological polar surface area (TPSA) is 75.4 Å². The number of primary amides is 1. The van der Waals surface area contributed by atoms with Crippen LogP contribution in [0, 0.1) is 0 Å². The average Bonchev–Trinajstić information content (AvgIpc) is 3.01. The van der Waals surface area contributed by atoms with Crippen molar-refractivity contribution in [3.63, 3.8) is 0 Å². The molecule has 3 rings (SSSR count). The highest BCUT2D eigenvalue weighted by molar-refractivity contribution is 7.17. The molecule has 0 aromatic carbocycles. The van der Waals surface area contributed by atoms with Crippen LogP contribution in [-0.4, -0.2) is 36.3 Å². The minimum absolute atomic E-state index is 0.0343. The van der Waals surface area contributed by atoms with Crippen LogP contribution in [-0.2, 0) is 17.6 Å². The molecule has 2 aliphatic rings. The highest BCUT2D eigenvalue weighted by Gasteiger charge is 2.26. The fourth-order valence-electron chi connectivity index (χ4n) is 3.59. The number of likely N-dealkylation sites (tertiary alicyclic amines) is 1. The molecule has 1 aliphatic heterocycles. The van der Waals surface area contributed by atoms with Gasteiger partial charge in [-0.05, 0) is 50.8 Å². The molecule has 23 heavy (non-hydrogen) atoms. The zero-order valence-corrected chi connectivity index (χ0v) is 14.3. The van der Waals surface area contributed by atoms with Crippen molar-refractivity contribution in [2.75, 3.05) is 25.0 Å². The van der Waals surface area contributed by atoms with Gasteiger partial charge in [0.25, 0.3) is 5.91 Å². The molecule has 1 fully saturated rings. The van der Waals surface area contributed by atoms with Gasteiger partial charge in [0.15, 0.2) is 0 Å². The van der Waals surface area contributed by atoms with E-state index < -0.39 is 5.91 Å². The Morgan fingerprint density at radius 2 is 1.74 bits per heavy atom. The van der Waals surface area contributed by atoms with E-state index in [-0.39, 0.29) is 5.91 Å². The molecule has 0 atom stereocenters. The number of hydrogen-bond acceptors (Lipinski definition) is 4. The molecule has 0 radical (unpaired) electrons. The summed E-state index contributed by atoms with van der Waals surface area (Å²) in [5.41, 5.74) is 7.14. The number of nitrogens with one attached hydrogen (secondary N) is 1. The minimum Gasteiger partial charge on any atom is -0.365 e. The van der Waals surface area contributed by atoms with Gasteiger partial charge in [-0.3, -0.25) is 14.5 Å². The molecule has 5 nitrogen and oxygen atoms in total. The summed E-state index contributed by atoms with van der Waals surface area (Å²) >= 11 is 1.52. The summed E-state index contributed by atoms with van der Waals surface area (Å²) in [6.07, 6.45) is 9.09. The van der Waals surface area contributed by atoms with E-state index in [0.29, 0.717) is 17.1 Å². The summed E-state index contributed by atoms with van der Waals surface area (Å²) in [7, 11) is 0. The maximum absolute atomic E-state index is 12.4. The number of fused-ring (bicyclic) bond motifs is 1. The Kier molecular flexibility index (Phi) is 5.33. The minimum atomic E-state index is -0.425. The van der Waals surface area contributed by atoms with E-state index in [1.165, 1.54) is 35.5 Å². The van der Waals surface area contributed by atoms with Gasteiger partial charge >= 0.3 is 0 Å². The van der Waals surface area contributed by atoms with Crippen molar-refractivity contribution < 1.29 is 9.59 Å². The zero-order valence-electron chi connectivity index (χ0n) is 13.5. The first-order chi connectivity index (χ1) is 11.1. The largest absolute Gasteiger partial charge is 0.365 e. The number of hydrogen-bond donors (Lipinski definition) is 2. The number of thiophene rings is 1. The van der Waals surface area contributed by atoms with Crippen molar-refractivity contribution in [2.24, 2.45) is 5.73 Å². The third-order valence-corrected chi connectivity index (χ3v) is 5.94. The Morgan fingerprint density at radius 3 is 2.43 bits per heavy atom. The molecule has 1 aromatic rings. The fraction of sp³-hybridized carbons (Fsp3) is 0.647. The van der Waals surface area contributed by atoms with Crippen LogP contribution in [0.3, 0.4) is 0 Å². The van der Waals surface area contributed by atoms with Gasteiger partial charge in [0.1, 0.15) is 5.00 Å². The van der Waals surface area contributed by atoms with Crippen molar-refractivity contribution in [1.82, 2.24) is 4.90 Å². The summed E-state index contributed by atoms with van der Waals surface area (Å²) in [6.45, 7) is 2.37. The number of nitrogens with two attached hydrogens (primary N) is 1. The van der Waals surface area contributed by atoms with Gasteiger partial charge < -0.3 is 11.1 Å². The van der Waals surface area contributed by atoms with Crippen LogP contribution >= 0.6 is 11.3 Å². The van der Waals surface area contributed by atoms with Crippen LogP contribution in [0.1, 0.15) is 59.3 Å². The number of anilines is 1. The first-order valence-electron chi connectivity index (χ1n) is 8.61. The summed E-state index contributed by atoms with van der Waals surface area (Å²) in [6, 6.07) is 0. The lowest BCUT2D eigenvalue weighted by molar-refractivity contribution is -0.117. The van der Waals surface area contributed by atoms with Gasteiger partial charge in [0, 0.05) is 4.88 Å². The van der Waals surface area contributed by atoms with Crippen LogP contribution in [0.15, 0.2) is 0 Å². The average molecular weight is 335 g/mol. The van der Waals surface area contributed by atoms with E-state index in [4.69, 9.17) is 5.73 Å². The molecular weight excluding hydrogens is 310 g/mol. The van der Waals surface area contributed by atoms with Gasteiger partial charge in [0.2, 0.25) is 5.91 Å². The van der Waals surface area contributed by atoms with Gasteiger partial charge in [0.05, 0.1) is 12.1 Å². The predicted octanol–water partition coefficient (Wildman–Crippen LogP) is 2.54. The molecule has 0 bridgehead atoms. The Balaban J connectivity index is 1.64. The van der Waals surface area contributed by atoms with E-state index in [9.17, 15) is 9.59 Å². The Labute approximate surface area is 141 Å². The van der Waals surface area contributed by atoms with E-state index in [0.717, 1.165) is 50.8 Å². The first kappa shape index (κ1) is 16.5. The molecular formula is C17H25N3O2S. The van der Waals surface area contributed by atoms with Crippen LogP contribution in [0.25, 0.3) is 0 Å². The lowest BCUT2D eigenvalue weighted by Gasteiger charge is -2.23. The highest BCUT2D eigenvalue weighted by Crippen LogP contribution is 2.38. The summed E-state index contributed by atoms with van der Waals surface area (Å²) in [5, 5.41) is 3.59. The molecule has 1 aliphatic carbocycles. The Bertz CT molecular complexity index is 589. The summed E-state index contributed by atoms with van der Waals surface area (Å²) < 4.78 is 0. The smallest absolute Gasteiger partial charge is 0.251 e. The molecule has 0 saturated carbocycles. The van der Waals surface area contributed by atoms with Crippen LogP contribution in [0.4, 0.5) is 5.00 Å². The Morgan fingerprint density at radius 1 is 1.04 bits per heavy atom. The van der Waals surface area contributed by atoms with Gasteiger partial charge in [-0.25, -0.2) is 0 Å². The maximum Gasteiger partial charge on any atom is 0.251 e. The number of carbonyl (C=O) groups is 2. The molecule has 126 valence electrons. The molecule has 0 unspecified atom stereocenters. The molecule has 6 heteroatoms. The SMILES string of the molecule is NC(=O)c1c(NC(=O)CN2CCCCCCC2)sc2c1CCC2. The predicted molar refractivity (Wildman–Crippen MR) is 93.0 cm³/mol. The molecule has 2 amide bonds. The third kappa shape index (κ3) is 3.93. The van der Waals surface area contributed by atoms with Crippen molar-refractivity contribution >= 4 is 28.2 Å². The van der Waals surface area contributed by atoms with E-state index in [1.54, 1.807) is 0 Å². The summed E-state index contributed by atoms with van der Waals surface area (Å²) in [5.74, 6) is -0.459. The third-order valence-electron chi connectivity index (χ3n) is 4.74. The summed E-state index contributed by atoms with van der Waals surface area (Å²) in [4.78, 5) is 27.6. The molecule has 3 N–H and O–H groups in total. The Hall–Kier alpha value is -1.40. The molecule has 2 heterocycles. The van der Waals surface area contributed by atoms with E-state index in [2.05, 4.69) is 10.2 Å². The number of amides is 2. The maximum atomic E-state index is 12.4. The lowest BCUT2D eigenvalue weighted by Crippen LogP contribution is -2.35. The second-order valence-electron chi connectivity index (χ2n) is 6.52. The van der Waals surface area contributed by atoms with Crippen LogP contribution in [0.2, 0.25) is 0 Å². The van der Waals surface area contributed by atoms with E-state index >= 15 is 0 Å². The lowest BCUT2D eigenvalue weighted by atomic mass is 10.1. The van der Waals surface area contributed by atoms with Gasteiger partial charge in [-0.2, -0.15) is 0 Å². The normalized spacial score (nSPS) is 19.0. The van der Waals surface area contributed by atoms with Crippen molar-refractivity contribution in [1.29, 1.82) is 0 Å². The van der Waals surface area contributed by atoms with E-state index in [1.807, 2.05) is 0 Å². The second-order valence-corrected chi connectivity index (χ2v) is 7.62. The van der Waals surface area contributed by atoms with Crippen molar-refractivity contribution in [3.8, 4) is 0 Å².